The lowest BCUT2D eigenvalue weighted by molar-refractivity contribution is 0.144. The Morgan fingerprint density at radius 2 is 2.29 bits per heavy atom. The number of likely N-dealkylation sites (N-methyl/N-ethyl adjacent to an activating group) is 1. The molecule has 0 amide bonds. The normalized spacial score (nSPS) is 11.2. The van der Waals surface area contributed by atoms with Crippen LogP contribution in [0.3, 0.4) is 0 Å². The van der Waals surface area contributed by atoms with Gasteiger partial charge < -0.3 is 14.5 Å². The van der Waals surface area contributed by atoms with Gasteiger partial charge in [0.1, 0.15) is 5.76 Å². The van der Waals surface area contributed by atoms with E-state index in [0.29, 0.717) is 0 Å². The van der Waals surface area contributed by atoms with E-state index in [1.165, 1.54) is 0 Å². The Hall–Kier alpha value is -0.840. The van der Waals surface area contributed by atoms with Crippen molar-refractivity contribution in [2.45, 2.75) is 19.9 Å². The number of nitrogens with one attached hydrogen (secondary N) is 1. The SMILES string of the molecule is CCOCCCNCCN(C)Cc1ccco1. The minimum Gasteiger partial charge on any atom is -0.468 e. The quantitative estimate of drug-likeness (QED) is 0.632. The Labute approximate surface area is 104 Å². The lowest BCUT2D eigenvalue weighted by Crippen LogP contribution is -2.29. The summed E-state index contributed by atoms with van der Waals surface area (Å²) >= 11 is 0. The lowest BCUT2D eigenvalue weighted by Gasteiger charge is -2.15. The summed E-state index contributed by atoms with van der Waals surface area (Å²) in [5.41, 5.74) is 0. The topological polar surface area (TPSA) is 37.6 Å². The van der Waals surface area contributed by atoms with Crippen molar-refractivity contribution in [3.8, 4) is 0 Å². The summed E-state index contributed by atoms with van der Waals surface area (Å²) in [5, 5.41) is 3.40. The number of hydrogen-bond acceptors (Lipinski definition) is 4. The van der Waals surface area contributed by atoms with Gasteiger partial charge in [-0.15, -0.1) is 0 Å². The van der Waals surface area contributed by atoms with Crippen LogP contribution in [0.25, 0.3) is 0 Å². The highest BCUT2D eigenvalue weighted by Gasteiger charge is 2.01. The highest BCUT2D eigenvalue weighted by atomic mass is 16.5. The second-order valence-electron chi connectivity index (χ2n) is 4.12. The molecule has 0 bridgehead atoms. The first kappa shape index (κ1) is 14.2. The minimum atomic E-state index is 0.811. The van der Waals surface area contributed by atoms with Gasteiger partial charge in [-0.1, -0.05) is 0 Å². The van der Waals surface area contributed by atoms with E-state index in [1.54, 1.807) is 6.26 Å². The molecule has 0 aliphatic rings. The Morgan fingerprint density at radius 1 is 1.41 bits per heavy atom. The zero-order chi connectivity index (χ0) is 12.3. The van der Waals surface area contributed by atoms with Crippen LogP contribution < -0.4 is 5.32 Å². The van der Waals surface area contributed by atoms with Gasteiger partial charge in [-0.05, 0) is 39.1 Å². The molecule has 0 aromatic carbocycles. The summed E-state index contributed by atoms with van der Waals surface area (Å²) in [6, 6.07) is 3.93. The first-order valence-electron chi connectivity index (χ1n) is 6.32. The van der Waals surface area contributed by atoms with Gasteiger partial charge in [0.25, 0.3) is 0 Å². The Balaban J connectivity index is 1.92. The van der Waals surface area contributed by atoms with Crippen molar-refractivity contribution in [1.29, 1.82) is 0 Å². The molecular formula is C13H24N2O2. The molecule has 1 aromatic heterocycles. The van der Waals surface area contributed by atoms with Gasteiger partial charge in [-0.25, -0.2) is 0 Å². The van der Waals surface area contributed by atoms with E-state index in [-0.39, 0.29) is 0 Å². The average Bonchev–Trinajstić information content (AvgIpc) is 2.80. The van der Waals surface area contributed by atoms with Crippen LogP contribution in [0.1, 0.15) is 19.1 Å². The Morgan fingerprint density at radius 3 is 3.00 bits per heavy atom. The Bertz CT molecular complexity index is 262. The third-order valence-electron chi connectivity index (χ3n) is 2.52. The van der Waals surface area contributed by atoms with E-state index < -0.39 is 0 Å². The third-order valence-corrected chi connectivity index (χ3v) is 2.52. The fourth-order valence-corrected chi connectivity index (χ4v) is 1.59. The fraction of sp³-hybridized carbons (Fsp3) is 0.692. The van der Waals surface area contributed by atoms with Gasteiger partial charge in [-0.2, -0.15) is 0 Å². The number of rotatable bonds is 10. The van der Waals surface area contributed by atoms with Crippen LogP contribution in [0, 0.1) is 0 Å². The van der Waals surface area contributed by atoms with Crippen LogP contribution in [-0.4, -0.2) is 44.8 Å². The molecule has 1 aromatic rings. The summed E-state index contributed by atoms with van der Waals surface area (Å²) in [4.78, 5) is 2.24. The van der Waals surface area contributed by atoms with E-state index in [0.717, 1.165) is 51.6 Å². The molecule has 4 heteroatoms. The molecule has 17 heavy (non-hydrogen) atoms. The molecular weight excluding hydrogens is 216 g/mol. The second-order valence-corrected chi connectivity index (χ2v) is 4.12. The van der Waals surface area contributed by atoms with Crippen LogP contribution in [-0.2, 0) is 11.3 Å². The number of nitrogens with zero attached hydrogens (tertiary/aromatic N) is 1. The molecule has 0 atom stereocenters. The largest absolute Gasteiger partial charge is 0.468 e. The zero-order valence-electron chi connectivity index (χ0n) is 10.9. The summed E-state index contributed by atoms with van der Waals surface area (Å²) in [7, 11) is 2.10. The molecule has 0 saturated carbocycles. The second kappa shape index (κ2) is 9.22. The van der Waals surface area contributed by atoms with Crippen LogP contribution in [0.15, 0.2) is 22.8 Å². The first-order chi connectivity index (χ1) is 8.33. The summed E-state index contributed by atoms with van der Waals surface area (Å²) < 4.78 is 10.6. The van der Waals surface area contributed by atoms with Gasteiger partial charge >= 0.3 is 0 Å². The molecule has 0 fully saturated rings. The first-order valence-corrected chi connectivity index (χ1v) is 6.32. The molecule has 0 radical (unpaired) electrons. The van der Waals surface area contributed by atoms with Crippen LogP contribution in [0.2, 0.25) is 0 Å². The maximum atomic E-state index is 5.30. The number of hydrogen-bond donors (Lipinski definition) is 1. The molecule has 4 nitrogen and oxygen atoms in total. The van der Waals surface area contributed by atoms with Crippen molar-refractivity contribution >= 4 is 0 Å². The number of furan rings is 1. The molecule has 98 valence electrons. The van der Waals surface area contributed by atoms with Crippen molar-refractivity contribution in [3.05, 3.63) is 24.2 Å². The average molecular weight is 240 g/mol. The summed E-state index contributed by atoms with van der Waals surface area (Å²) in [6.45, 7) is 7.61. The molecule has 0 aliphatic heterocycles. The zero-order valence-corrected chi connectivity index (χ0v) is 10.9. The highest BCUT2D eigenvalue weighted by Crippen LogP contribution is 2.02. The molecule has 0 aliphatic carbocycles. The van der Waals surface area contributed by atoms with Crippen molar-refractivity contribution in [2.24, 2.45) is 0 Å². The van der Waals surface area contributed by atoms with Crippen molar-refractivity contribution in [3.63, 3.8) is 0 Å². The number of ether oxygens (including phenoxy) is 1. The maximum absolute atomic E-state index is 5.30. The van der Waals surface area contributed by atoms with Crippen LogP contribution in [0.4, 0.5) is 0 Å². The molecule has 0 saturated heterocycles. The minimum absolute atomic E-state index is 0.811. The summed E-state index contributed by atoms with van der Waals surface area (Å²) in [6.07, 6.45) is 2.80. The highest BCUT2D eigenvalue weighted by molar-refractivity contribution is 4.97. The lowest BCUT2D eigenvalue weighted by atomic mass is 10.4. The van der Waals surface area contributed by atoms with E-state index in [4.69, 9.17) is 9.15 Å². The maximum Gasteiger partial charge on any atom is 0.117 e. The predicted octanol–water partition coefficient (Wildman–Crippen LogP) is 1.73. The van der Waals surface area contributed by atoms with Gasteiger partial charge in [-0.3, -0.25) is 4.90 Å². The molecule has 1 heterocycles. The van der Waals surface area contributed by atoms with E-state index in [2.05, 4.69) is 17.3 Å². The van der Waals surface area contributed by atoms with Gasteiger partial charge in [0.2, 0.25) is 0 Å². The van der Waals surface area contributed by atoms with Gasteiger partial charge in [0, 0.05) is 26.3 Å². The fourth-order valence-electron chi connectivity index (χ4n) is 1.59. The molecule has 1 rings (SSSR count). The van der Waals surface area contributed by atoms with E-state index >= 15 is 0 Å². The van der Waals surface area contributed by atoms with Crippen LogP contribution in [0.5, 0.6) is 0 Å². The Kier molecular flexibility index (Phi) is 7.71. The van der Waals surface area contributed by atoms with Crippen molar-refractivity contribution in [1.82, 2.24) is 10.2 Å². The molecule has 0 spiro atoms. The van der Waals surface area contributed by atoms with Crippen molar-refractivity contribution in [2.75, 3.05) is 39.9 Å². The van der Waals surface area contributed by atoms with E-state index in [1.807, 2.05) is 19.1 Å². The van der Waals surface area contributed by atoms with Crippen LogP contribution >= 0.6 is 0 Å². The standard InChI is InChI=1S/C13H24N2O2/c1-3-16-10-5-7-14-8-9-15(2)12-13-6-4-11-17-13/h4,6,11,14H,3,5,7-10,12H2,1-2H3. The van der Waals surface area contributed by atoms with Gasteiger partial charge in [0.15, 0.2) is 0 Å². The van der Waals surface area contributed by atoms with Crippen molar-refractivity contribution < 1.29 is 9.15 Å². The van der Waals surface area contributed by atoms with Gasteiger partial charge in [0.05, 0.1) is 12.8 Å². The molecule has 1 N–H and O–H groups in total. The third kappa shape index (κ3) is 7.15. The van der Waals surface area contributed by atoms with E-state index in [9.17, 15) is 0 Å². The molecule has 0 unspecified atom stereocenters. The summed E-state index contributed by atoms with van der Waals surface area (Å²) in [5.74, 6) is 1.02. The monoisotopic (exact) mass is 240 g/mol. The predicted molar refractivity (Wildman–Crippen MR) is 69.0 cm³/mol. The smallest absolute Gasteiger partial charge is 0.117 e.